The lowest BCUT2D eigenvalue weighted by Crippen LogP contribution is -2.16. The summed E-state index contributed by atoms with van der Waals surface area (Å²) in [5, 5.41) is 7.68. The maximum atomic E-state index is 2.51. The Morgan fingerprint density at radius 2 is 0.843 bits per heavy atom. The number of rotatable bonds is 3. The van der Waals surface area contributed by atoms with E-state index in [0.717, 1.165) is 11.4 Å². The number of hydrogen-bond acceptors (Lipinski definition) is 0. The summed E-state index contributed by atoms with van der Waals surface area (Å²) in [5.74, 6) is 0. The molecule has 8 aromatic carbocycles. The van der Waals surface area contributed by atoms with Gasteiger partial charge in [0.05, 0.1) is 22.1 Å². The Bertz CT molecular complexity index is 3030. The van der Waals surface area contributed by atoms with Crippen LogP contribution in [0.1, 0.15) is 25.0 Å². The molecule has 2 heteroatoms. The van der Waals surface area contributed by atoms with Crippen LogP contribution in [-0.2, 0) is 5.41 Å². The summed E-state index contributed by atoms with van der Waals surface area (Å²) >= 11 is 0. The molecule has 1 aliphatic rings. The zero-order chi connectivity index (χ0) is 33.8. The van der Waals surface area contributed by atoms with E-state index in [1.807, 2.05) is 0 Å². The van der Waals surface area contributed by atoms with E-state index in [-0.39, 0.29) is 5.41 Å². The first-order chi connectivity index (χ1) is 25.1. The van der Waals surface area contributed by atoms with Crippen molar-refractivity contribution in [1.82, 2.24) is 9.13 Å². The second kappa shape index (κ2) is 10.3. The van der Waals surface area contributed by atoms with E-state index in [1.165, 1.54) is 87.8 Å². The van der Waals surface area contributed by atoms with Crippen molar-refractivity contribution in [3.63, 3.8) is 0 Å². The summed E-state index contributed by atoms with van der Waals surface area (Å²) < 4.78 is 4.99. The Kier molecular flexibility index (Phi) is 5.76. The lowest BCUT2D eigenvalue weighted by Gasteiger charge is -2.24. The van der Waals surface area contributed by atoms with Crippen LogP contribution < -0.4 is 0 Å². The minimum atomic E-state index is -0.0778. The minimum Gasteiger partial charge on any atom is -0.307 e. The standard InChI is InChI=1S/C49H34N2/c1-49(2)41-24-11-8-17-35(41)38-23-14-22-34(46(38)49)31-27-29-33(30-28-31)51-43-26-13-10-21-40(43)45-37-19-7-6-18-36(37)44-39-20-9-12-25-42(39)50(47(44)48(45)51)32-15-4-3-5-16-32/h3-30H,1-2H3. The number of hydrogen-bond donors (Lipinski definition) is 0. The van der Waals surface area contributed by atoms with Crippen LogP contribution in [0.5, 0.6) is 0 Å². The van der Waals surface area contributed by atoms with E-state index in [1.54, 1.807) is 0 Å². The van der Waals surface area contributed by atoms with Crippen molar-refractivity contribution in [3.05, 3.63) is 181 Å². The van der Waals surface area contributed by atoms with Crippen molar-refractivity contribution >= 4 is 54.4 Å². The smallest absolute Gasteiger partial charge is 0.0795 e. The Labute approximate surface area is 296 Å². The molecule has 0 atom stereocenters. The quantitative estimate of drug-likeness (QED) is 0.180. The summed E-state index contributed by atoms with van der Waals surface area (Å²) in [4.78, 5) is 0. The molecule has 0 unspecified atom stereocenters. The first-order valence-electron chi connectivity index (χ1n) is 17.9. The van der Waals surface area contributed by atoms with Crippen LogP contribution in [0.25, 0.3) is 88.0 Å². The highest BCUT2D eigenvalue weighted by molar-refractivity contribution is 6.36. The zero-order valence-corrected chi connectivity index (χ0v) is 28.6. The van der Waals surface area contributed by atoms with Gasteiger partial charge in [-0.25, -0.2) is 0 Å². The van der Waals surface area contributed by atoms with Gasteiger partial charge >= 0.3 is 0 Å². The highest BCUT2D eigenvalue weighted by Crippen LogP contribution is 2.52. The molecular formula is C49H34N2. The topological polar surface area (TPSA) is 9.86 Å². The van der Waals surface area contributed by atoms with Crippen molar-refractivity contribution in [2.24, 2.45) is 0 Å². The number of nitrogens with zero attached hydrogens (tertiary/aromatic N) is 2. The van der Waals surface area contributed by atoms with E-state index < -0.39 is 0 Å². The Hall–Kier alpha value is -6.38. The predicted molar refractivity (Wildman–Crippen MR) is 216 cm³/mol. The fraction of sp³-hybridized carbons (Fsp3) is 0.0612. The maximum absolute atomic E-state index is 2.51. The first kappa shape index (κ1) is 28.5. The van der Waals surface area contributed by atoms with Gasteiger partial charge in [0, 0.05) is 38.3 Å². The van der Waals surface area contributed by atoms with E-state index in [2.05, 4.69) is 193 Å². The number of fused-ring (bicyclic) bond motifs is 13. The molecule has 0 aliphatic heterocycles. The molecule has 11 rings (SSSR count). The molecule has 0 amide bonds. The zero-order valence-electron chi connectivity index (χ0n) is 28.6. The number of para-hydroxylation sites is 3. The second-order valence-corrected chi connectivity index (χ2v) is 14.5. The van der Waals surface area contributed by atoms with E-state index in [0.29, 0.717) is 0 Å². The summed E-state index contributed by atoms with van der Waals surface area (Å²) in [6.07, 6.45) is 0. The molecule has 0 fully saturated rings. The van der Waals surface area contributed by atoms with Gasteiger partial charge in [-0.3, -0.25) is 0 Å². The molecule has 0 spiro atoms. The summed E-state index contributed by atoms with van der Waals surface area (Å²) in [6, 6.07) is 62.7. The Morgan fingerprint density at radius 1 is 0.373 bits per heavy atom. The van der Waals surface area contributed by atoms with Crippen LogP contribution in [0.15, 0.2) is 170 Å². The van der Waals surface area contributed by atoms with Gasteiger partial charge in [0.1, 0.15) is 0 Å². The van der Waals surface area contributed by atoms with Gasteiger partial charge in [0.25, 0.3) is 0 Å². The summed E-state index contributed by atoms with van der Waals surface area (Å²) in [6.45, 7) is 4.74. The van der Waals surface area contributed by atoms with Crippen LogP contribution in [0, 0.1) is 0 Å². The van der Waals surface area contributed by atoms with Crippen LogP contribution in [0.2, 0.25) is 0 Å². The highest BCUT2D eigenvalue weighted by atomic mass is 15.0. The van der Waals surface area contributed by atoms with Crippen molar-refractivity contribution in [3.8, 4) is 33.6 Å². The second-order valence-electron chi connectivity index (χ2n) is 14.5. The predicted octanol–water partition coefficient (Wildman–Crippen LogP) is 13.0. The molecule has 0 N–H and O–H groups in total. The molecule has 2 heterocycles. The lowest BCUT2D eigenvalue weighted by atomic mass is 9.79. The van der Waals surface area contributed by atoms with E-state index in [9.17, 15) is 0 Å². The largest absolute Gasteiger partial charge is 0.307 e. The van der Waals surface area contributed by atoms with Crippen molar-refractivity contribution < 1.29 is 0 Å². The van der Waals surface area contributed by atoms with Crippen molar-refractivity contribution in [2.75, 3.05) is 0 Å². The molecule has 0 saturated heterocycles. The highest BCUT2D eigenvalue weighted by Gasteiger charge is 2.37. The van der Waals surface area contributed by atoms with E-state index >= 15 is 0 Å². The molecular weight excluding hydrogens is 617 g/mol. The third-order valence-electron chi connectivity index (χ3n) is 11.5. The fourth-order valence-electron chi connectivity index (χ4n) is 9.38. The molecule has 10 aromatic rings. The van der Waals surface area contributed by atoms with Gasteiger partial charge in [-0.2, -0.15) is 0 Å². The van der Waals surface area contributed by atoms with Gasteiger partial charge in [-0.15, -0.1) is 0 Å². The Morgan fingerprint density at radius 3 is 1.47 bits per heavy atom. The summed E-state index contributed by atoms with van der Waals surface area (Å²) in [5.41, 5.74) is 15.2. The van der Waals surface area contributed by atoms with Gasteiger partial charge in [0.2, 0.25) is 0 Å². The third-order valence-corrected chi connectivity index (χ3v) is 11.5. The van der Waals surface area contributed by atoms with Crippen LogP contribution >= 0.6 is 0 Å². The van der Waals surface area contributed by atoms with Crippen molar-refractivity contribution in [1.29, 1.82) is 0 Å². The molecule has 51 heavy (non-hydrogen) atoms. The molecule has 2 aromatic heterocycles. The molecule has 0 radical (unpaired) electrons. The van der Waals surface area contributed by atoms with Gasteiger partial charge < -0.3 is 9.13 Å². The number of aromatic nitrogens is 2. The molecule has 2 nitrogen and oxygen atoms in total. The third kappa shape index (κ3) is 3.77. The van der Waals surface area contributed by atoms with Gasteiger partial charge in [0.15, 0.2) is 0 Å². The maximum Gasteiger partial charge on any atom is 0.0795 e. The molecule has 240 valence electrons. The average molecular weight is 651 g/mol. The van der Waals surface area contributed by atoms with Crippen molar-refractivity contribution in [2.45, 2.75) is 19.3 Å². The SMILES string of the molecule is CC1(C)c2ccccc2-c2cccc(-c3ccc(-n4c5ccccc5c5c6ccccc6c6c7ccccc7n(-c7ccccc7)c6c54)cc3)c21. The van der Waals surface area contributed by atoms with Crippen LogP contribution in [-0.4, -0.2) is 9.13 Å². The van der Waals surface area contributed by atoms with Gasteiger partial charge in [-0.05, 0) is 80.6 Å². The first-order valence-corrected chi connectivity index (χ1v) is 17.9. The normalized spacial score (nSPS) is 13.5. The molecule has 0 saturated carbocycles. The lowest BCUT2D eigenvalue weighted by molar-refractivity contribution is 0.662. The monoisotopic (exact) mass is 650 g/mol. The van der Waals surface area contributed by atoms with Crippen LogP contribution in [0.3, 0.4) is 0 Å². The molecule has 0 bridgehead atoms. The van der Waals surface area contributed by atoms with Gasteiger partial charge in [-0.1, -0.05) is 147 Å². The minimum absolute atomic E-state index is 0.0778. The molecule has 1 aliphatic carbocycles. The number of benzene rings is 8. The van der Waals surface area contributed by atoms with E-state index in [4.69, 9.17) is 0 Å². The average Bonchev–Trinajstić information content (AvgIpc) is 3.80. The fourth-order valence-corrected chi connectivity index (χ4v) is 9.38. The Balaban J connectivity index is 1.24. The van der Waals surface area contributed by atoms with Crippen LogP contribution in [0.4, 0.5) is 0 Å². The summed E-state index contributed by atoms with van der Waals surface area (Å²) in [7, 11) is 0.